The van der Waals surface area contributed by atoms with Gasteiger partial charge in [-0.25, -0.2) is 0 Å². The molecule has 59 heavy (non-hydrogen) atoms. The summed E-state index contributed by atoms with van der Waals surface area (Å²) in [6.45, 7) is 0. The molecule has 2 aliphatic rings. The summed E-state index contributed by atoms with van der Waals surface area (Å²) < 4.78 is 55.6. The van der Waals surface area contributed by atoms with Gasteiger partial charge in [0.2, 0.25) is 0 Å². The maximum Gasteiger partial charge on any atom is 0.159 e. The summed E-state index contributed by atoms with van der Waals surface area (Å²) in [5.41, 5.74) is 12.2. The second-order valence-electron chi connectivity index (χ2n) is 15.2. The van der Waals surface area contributed by atoms with E-state index in [0.717, 1.165) is 55.7 Å². The van der Waals surface area contributed by atoms with Gasteiger partial charge in [0.1, 0.15) is 22.5 Å². The highest BCUT2D eigenvalue weighted by atomic mass is 16.5. The van der Waals surface area contributed by atoms with Crippen LogP contribution in [0.5, 0.6) is 11.5 Å². The lowest BCUT2D eigenvalue weighted by atomic mass is 9.66. The van der Waals surface area contributed by atoms with E-state index in [9.17, 15) is 0 Å². The maximum absolute atomic E-state index is 9.01. The molecule has 0 saturated heterocycles. The van der Waals surface area contributed by atoms with Crippen LogP contribution < -0.4 is 9.64 Å². The lowest BCUT2D eigenvalue weighted by molar-refractivity contribution is 0.437. The van der Waals surface area contributed by atoms with E-state index in [4.69, 9.17) is 19.1 Å². The van der Waals surface area contributed by atoms with Gasteiger partial charge in [0.15, 0.2) is 11.3 Å². The molecule has 0 saturated carbocycles. The maximum atomic E-state index is 9.01. The van der Waals surface area contributed by atoms with E-state index in [1.165, 1.54) is 22.3 Å². The van der Waals surface area contributed by atoms with Gasteiger partial charge in [-0.1, -0.05) is 152 Å². The quantitative estimate of drug-likeness (QED) is 0.179. The molecule has 11 aromatic rings. The molecule has 3 heterocycles. The average molecular weight is 760 g/mol. The van der Waals surface area contributed by atoms with E-state index in [-0.39, 0.29) is 29.8 Å². The summed E-state index contributed by atoms with van der Waals surface area (Å²) >= 11 is 0. The molecule has 0 bridgehead atoms. The summed E-state index contributed by atoms with van der Waals surface area (Å²) in [6.07, 6.45) is 0. The van der Waals surface area contributed by atoms with Crippen LogP contribution in [-0.4, -0.2) is 0 Å². The molecule has 4 nitrogen and oxygen atoms in total. The average Bonchev–Trinajstić information content (AvgIpc) is 4.01. The summed E-state index contributed by atoms with van der Waals surface area (Å²) in [7, 11) is 0. The number of fused-ring (bicyclic) bond motifs is 15. The first-order valence-electron chi connectivity index (χ1n) is 21.8. The van der Waals surface area contributed by atoms with Crippen molar-refractivity contribution in [1.82, 2.24) is 0 Å². The second kappa shape index (κ2) is 12.1. The third-order valence-corrected chi connectivity index (χ3v) is 12.3. The van der Waals surface area contributed by atoms with Crippen LogP contribution in [0.4, 0.5) is 17.1 Å². The van der Waals surface area contributed by atoms with Gasteiger partial charge in [-0.3, -0.25) is 0 Å². The topological polar surface area (TPSA) is 38.8 Å². The standard InChI is InChI=1S/C55H33NO3/c1-2-15-34(16-3-1)35-31-32-49-40(33-35)52-45(25-14-30-51(52)57-49)56(46-26-12-20-39-38-19-6-10-28-48(38)58-53(39)46)47-27-13-24-44-54(47)59-50-29-11-9-23-43(50)55(44)41-21-7-4-17-36(41)37-18-5-8-22-42(37)55/h1-33H/i6D,10D,19D,28D. The summed E-state index contributed by atoms with van der Waals surface area (Å²) in [6, 6.07) is 59.3. The molecule has 1 aliphatic carbocycles. The van der Waals surface area contributed by atoms with Gasteiger partial charge in [0.25, 0.3) is 0 Å². The molecule has 0 N–H and O–H groups in total. The Morgan fingerprint density at radius 2 is 1.12 bits per heavy atom. The van der Waals surface area contributed by atoms with Crippen molar-refractivity contribution in [2.24, 2.45) is 0 Å². The zero-order chi connectivity index (χ0) is 42.1. The van der Waals surface area contributed by atoms with Crippen molar-refractivity contribution < 1.29 is 19.1 Å². The van der Waals surface area contributed by atoms with Gasteiger partial charge in [-0.05, 0) is 81.9 Å². The SMILES string of the molecule is [2H]c1c([2H])c([2H])c2c(oc3c(N(c4cccc5c4Oc4ccccc4C54c5ccccc5-c5ccccc54)c4cccc5oc6ccc(-c7ccccc7)cc6c45)cccc32)c1[2H]. The van der Waals surface area contributed by atoms with Gasteiger partial charge in [0, 0.05) is 27.3 Å². The van der Waals surface area contributed by atoms with Crippen molar-refractivity contribution in [3.63, 3.8) is 0 Å². The Morgan fingerprint density at radius 3 is 1.97 bits per heavy atom. The van der Waals surface area contributed by atoms with Crippen molar-refractivity contribution in [2.45, 2.75) is 5.41 Å². The smallest absolute Gasteiger partial charge is 0.159 e. The Morgan fingerprint density at radius 1 is 0.441 bits per heavy atom. The van der Waals surface area contributed by atoms with Gasteiger partial charge in [-0.15, -0.1) is 0 Å². The molecule has 9 aromatic carbocycles. The lowest BCUT2D eigenvalue weighted by Gasteiger charge is -2.41. The number of benzene rings is 9. The second-order valence-corrected chi connectivity index (χ2v) is 15.2. The number of nitrogens with zero attached hydrogens (tertiary/aromatic N) is 1. The minimum absolute atomic E-state index is 0.0984. The van der Waals surface area contributed by atoms with Crippen LogP contribution in [0.15, 0.2) is 209 Å². The Bertz CT molecular complexity index is 3690. The zero-order valence-corrected chi connectivity index (χ0v) is 31.4. The van der Waals surface area contributed by atoms with Crippen molar-refractivity contribution in [3.05, 3.63) is 222 Å². The van der Waals surface area contributed by atoms with Gasteiger partial charge in [-0.2, -0.15) is 0 Å². The predicted molar refractivity (Wildman–Crippen MR) is 238 cm³/mol. The first kappa shape index (κ1) is 28.6. The van der Waals surface area contributed by atoms with Crippen LogP contribution in [0, 0.1) is 0 Å². The largest absolute Gasteiger partial charge is 0.456 e. The van der Waals surface area contributed by atoms with Gasteiger partial charge in [0.05, 0.1) is 33.3 Å². The number of hydrogen-bond acceptors (Lipinski definition) is 4. The van der Waals surface area contributed by atoms with E-state index >= 15 is 0 Å². The molecule has 0 amide bonds. The van der Waals surface area contributed by atoms with E-state index < -0.39 is 5.41 Å². The highest BCUT2D eigenvalue weighted by Gasteiger charge is 2.51. The fraction of sp³-hybridized carbons (Fsp3) is 0.0182. The van der Waals surface area contributed by atoms with Gasteiger partial charge >= 0.3 is 0 Å². The normalized spacial score (nSPS) is 14.3. The van der Waals surface area contributed by atoms with Crippen molar-refractivity contribution >= 4 is 60.9 Å². The molecule has 0 unspecified atom stereocenters. The summed E-state index contributed by atoms with van der Waals surface area (Å²) in [4.78, 5) is 2.15. The highest BCUT2D eigenvalue weighted by Crippen LogP contribution is 2.64. The summed E-state index contributed by atoms with van der Waals surface area (Å²) in [5.74, 6) is 1.41. The number of anilines is 3. The number of ether oxygens (including phenoxy) is 1. The highest BCUT2D eigenvalue weighted by molar-refractivity contribution is 6.17. The van der Waals surface area contributed by atoms with E-state index in [0.29, 0.717) is 33.4 Å². The van der Waals surface area contributed by atoms with E-state index in [1.807, 2.05) is 66.7 Å². The van der Waals surface area contributed by atoms with Gasteiger partial charge < -0.3 is 18.5 Å². The molecule has 4 heteroatoms. The molecule has 0 radical (unpaired) electrons. The number of hydrogen-bond donors (Lipinski definition) is 0. The molecular formula is C55H33NO3. The van der Waals surface area contributed by atoms with Crippen LogP contribution in [0.25, 0.3) is 66.1 Å². The van der Waals surface area contributed by atoms with Crippen LogP contribution in [-0.2, 0) is 5.41 Å². The number of furan rings is 2. The molecule has 0 fully saturated rings. The fourth-order valence-electron chi connectivity index (χ4n) is 9.91. The third kappa shape index (κ3) is 4.37. The third-order valence-electron chi connectivity index (χ3n) is 12.3. The van der Waals surface area contributed by atoms with E-state index in [2.05, 4.69) is 114 Å². The lowest BCUT2D eigenvalue weighted by Crippen LogP contribution is -2.32. The molecule has 1 aliphatic heterocycles. The zero-order valence-electron chi connectivity index (χ0n) is 35.4. The Balaban J connectivity index is 1.17. The number of para-hydroxylation sites is 4. The minimum atomic E-state index is -0.724. The fourth-order valence-corrected chi connectivity index (χ4v) is 9.91. The molecule has 13 rings (SSSR count). The van der Waals surface area contributed by atoms with E-state index in [1.54, 1.807) is 0 Å². The van der Waals surface area contributed by atoms with Crippen LogP contribution >= 0.6 is 0 Å². The van der Waals surface area contributed by atoms with Crippen LogP contribution in [0.1, 0.15) is 27.7 Å². The summed E-state index contributed by atoms with van der Waals surface area (Å²) in [5, 5.41) is 2.70. The van der Waals surface area contributed by atoms with Crippen molar-refractivity contribution in [2.75, 3.05) is 4.90 Å². The molecule has 2 aromatic heterocycles. The van der Waals surface area contributed by atoms with Crippen molar-refractivity contribution in [3.8, 4) is 33.8 Å². The molecule has 0 atom stereocenters. The Hall–Kier alpha value is -7.82. The predicted octanol–water partition coefficient (Wildman–Crippen LogP) is 15.1. The van der Waals surface area contributed by atoms with Crippen LogP contribution in [0.2, 0.25) is 0 Å². The first-order chi connectivity index (χ1) is 30.9. The van der Waals surface area contributed by atoms with Crippen molar-refractivity contribution in [1.29, 1.82) is 0 Å². The minimum Gasteiger partial charge on any atom is -0.456 e. The monoisotopic (exact) mass is 759 g/mol. The Labute approximate surface area is 345 Å². The molecular weight excluding hydrogens is 723 g/mol. The van der Waals surface area contributed by atoms with Crippen LogP contribution in [0.3, 0.4) is 0 Å². The Kier molecular flexibility index (Phi) is 5.85. The first-order valence-corrected chi connectivity index (χ1v) is 19.8. The molecule has 276 valence electrons. The molecule has 1 spiro atoms. The number of rotatable bonds is 4.